The predicted molar refractivity (Wildman–Crippen MR) is 66.9 cm³/mol. The monoisotopic (exact) mass is 233 g/mol. The fraction of sp³-hybridized carbons (Fsp3) is 0.500. The lowest BCUT2D eigenvalue weighted by atomic mass is 9.59. The Morgan fingerprint density at radius 1 is 1.41 bits per heavy atom. The first kappa shape index (κ1) is 12.1. The standard InChI is InChI=1S/C14H19NO2/c1-10-3-5-11(6-4-10)12(9-15)14(13(16)17)7-2-8-14/h3-6,12H,2,7-9,15H2,1H3,(H,16,17)/t12-/m0/s1. The van der Waals surface area contributed by atoms with E-state index in [9.17, 15) is 9.90 Å². The van der Waals surface area contributed by atoms with Crippen LogP contribution in [0, 0.1) is 12.3 Å². The zero-order valence-electron chi connectivity index (χ0n) is 10.1. The summed E-state index contributed by atoms with van der Waals surface area (Å²) in [7, 11) is 0. The minimum atomic E-state index is -0.695. The molecule has 0 radical (unpaired) electrons. The Hall–Kier alpha value is -1.35. The van der Waals surface area contributed by atoms with Gasteiger partial charge in [-0.3, -0.25) is 4.79 Å². The molecule has 0 aromatic heterocycles. The summed E-state index contributed by atoms with van der Waals surface area (Å²) in [6.07, 6.45) is 2.49. The van der Waals surface area contributed by atoms with Crippen LogP contribution in [0.1, 0.15) is 36.3 Å². The maximum absolute atomic E-state index is 11.5. The van der Waals surface area contributed by atoms with Gasteiger partial charge in [-0.1, -0.05) is 36.2 Å². The fourth-order valence-corrected chi connectivity index (χ4v) is 2.75. The second-order valence-electron chi connectivity index (χ2n) is 5.01. The van der Waals surface area contributed by atoms with Crippen molar-refractivity contribution in [1.29, 1.82) is 0 Å². The van der Waals surface area contributed by atoms with E-state index in [-0.39, 0.29) is 5.92 Å². The number of rotatable bonds is 4. The van der Waals surface area contributed by atoms with Crippen molar-refractivity contribution in [2.45, 2.75) is 32.1 Å². The Balaban J connectivity index is 2.32. The molecule has 1 aromatic rings. The van der Waals surface area contributed by atoms with Crippen LogP contribution in [0.25, 0.3) is 0 Å². The van der Waals surface area contributed by atoms with E-state index in [0.29, 0.717) is 6.54 Å². The molecule has 1 fully saturated rings. The second kappa shape index (κ2) is 4.49. The van der Waals surface area contributed by atoms with Gasteiger partial charge in [-0.15, -0.1) is 0 Å². The van der Waals surface area contributed by atoms with Gasteiger partial charge >= 0.3 is 5.97 Å². The topological polar surface area (TPSA) is 63.3 Å². The van der Waals surface area contributed by atoms with Gasteiger partial charge in [0, 0.05) is 12.5 Å². The summed E-state index contributed by atoms with van der Waals surface area (Å²) in [6.45, 7) is 2.42. The Morgan fingerprint density at radius 2 is 2.00 bits per heavy atom. The third-order valence-electron chi connectivity index (χ3n) is 4.05. The van der Waals surface area contributed by atoms with Gasteiger partial charge in [0.25, 0.3) is 0 Å². The molecule has 1 aliphatic carbocycles. The molecule has 1 atom stereocenters. The van der Waals surface area contributed by atoms with E-state index < -0.39 is 11.4 Å². The highest BCUT2D eigenvalue weighted by atomic mass is 16.4. The maximum Gasteiger partial charge on any atom is 0.310 e. The molecule has 0 amide bonds. The van der Waals surface area contributed by atoms with Crippen LogP contribution in [0.4, 0.5) is 0 Å². The Bertz CT molecular complexity index is 407. The maximum atomic E-state index is 11.5. The Kier molecular flexibility index (Phi) is 3.20. The smallest absolute Gasteiger partial charge is 0.310 e. The molecule has 0 unspecified atom stereocenters. The first-order chi connectivity index (χ1) is 8.10. The van der Waals surface area contributed by atoms with Gasteiger partial charge in [0.05, 0.1) is 5.41 Å². The zero-order valence-corrected chi connectivity index (χ0v) is 10.1. The summed E-state index contributed by atoms with van der Waals surface area (Å²) in [6, 6.07) is 8.06. The SMILES string of the molecule is Cc1ccc([C@H](CN)C2(C(=O)O)CCC2)cc1. The number of nitrogens with two attached hydrogens (primary N) is 1. The number of aliphatic carboxylic acids is 1. The van der Waals surface area contributed by atoms with Gasteiger partial charge in [0.2, 0.25) is 0 Å². The normalized spacial score (nSPS) is 19.4. The lowest BCUT2D eigenvalue weighted by molar-refractivity contribution is -0.156. The molecule has 0 spiro atoms. The van der Waals surface area contributed by atoms with Gasteiger partial charge in [-0.05, 0) is 25.3 Å². The Labute approximate surface area is 102 Å². The third-order valence-corrected chi connectivity index (χ3v) is 4.05. The Morgan fingerprint density at radius 3 is 2.35 bits per heavy atom. The molecule has 0 saturated heterocycles. The molecule has 2 rings (SSSR count). The fourth-order valence-electron chi connectivity index (χ4n) is 2.75. The minimum absolute atomic E-state index is 0.0608. The quantitative estimate of drug-likeness (QED) is 0.838. The van der Waals surface area contributed by atoms with Gasteiger partial charge in [0.15, 0.2) is 0 Å². The van der Waals surface area contributed by atoms with E-state index in [1.54, 1.807) is 0 Å². The van der Waals surface area contributed by atoms with Crippen molar-refractivity contribution < 1.29 is 9.90 Å². The molecule has 0 bridgehead atoms. The van der Waals surface area contributed by atoms with Crippen LogP contribution >= 0.6 is 0 Å². The summed E-state index contributed by atoms with van der Waals surface area (Å²) in [5, 5.41) is 9.45. The molecule has 92 valence electrons. The lowest BCUT2D eigenvalue weighted by Crippen LogP contribution is -2.45. The van der Waals surface area contributed by atoms with Crippen molar-refractivity contribution in [3.63, 3.8) is 0 Å². The van der Waals surface area contributed by atoms with E-state index in [1.165, 1.54) is 5.56 Å². The van der Waals surface area contributed by atoms with Crippen molar-refractivity contribution >= 4 is 5.97 Å². The molecule has 0 heterocycles. The summed E-state index contributed by atoms with van der Waals surface area (Å²) < 4.78 is 0. The number of aryl methyl sites for hydroxylation is 1. The number of carboxylic acid groups (broad SMARTS) is 1. The number of benzene rings is 1. The number of hydrogen-bond acceptors (Lipinski definition) is 2. The molecule has 3 nitrogen and oxygen atoms in total. The van der Waals surface area contributed by atoms with Crippen molar-refractivity contribution in [3.05, 3.63) is 35.4 Å². The first-order valence-electron chi connectivity index (χ1n) is 6.10. The number of carbonyl (C=O) groups is 1. The third kappa shape index (κ3) is 1.95. The highest BCUT2D eigenvalue weighted by Crippen LogP contribution is 2.51. The van der Waals surface area contributed by atoms with E-state index in [1.807, 2.05) is 31.2 Å². The summed E-state index contributed by atoms with van der Waals surface area (Å²) >= 11 is 0. The lowest BCUT2D eigenvalue weighted by Gasteiger charge is -2.44. The predicted octanol–water partition coefficient (Wildman–Crippen LogP) is 2.29. The average Bonchev–Trinajstić information content (AvgIpc) is 2.24. The minimum Gasteiger partial charge on any atom is -0.481 e. The molecular formula is C14H19NO2. The van der Waals surface area contributed by atoms with Crippen LogP contribution in [0.5, 0.6) is 0 Å². The van der Waals surface area contributed by atoms with E-state index >= 15 is 0 Å². The van der Waals surface area contributed by atoms with Gasteiger partial charge in [0.1, 0.15) is 0 Å². The highest BCUT2D eigenvalue weighted by Gasteiger charge is 2.50. The van der Waals surface area contributed by atoms with Crippen LogP contribution in [0.2, 0.25) is 0 Å². The van der Waals surface area contributed by atoms with Crippen molar-refractivity contribution in [3.8, 4) is 0 Å². The highest BCUT2D eigenvalue weighted by molar-refractivity contribution is 5.77. The van der Waals surface area contributed by atoms with Gasteiger partial charge in [-0.25, -0.2) is 0 Å². The molecule has 1 aromatic carbocycles. The summed E-state index contributed by atoms with van der Waals surface area (Å²) in [5.74, 6) is -0.755. The van der Waals surface area contributed by atoms with Crippen LogP contribution in [0.3, 0.4) is 0 Å². The van der Waals surface area contributed by atoms with Crippen LogP contribution in [-0.2, 0) is 4.79 Å². The summed E-state index contributed by atoms with van der Waals surface area (Å²) in [5.41, 5.74) is 7.43. The van der Waals surface area contributed by atoms with E-state index in [2.05, 4.69) is 0 Å². The average molecular weight is 233 g/mol. The van der Waals surface area contributed by atoms with Crippen LogP contribution in [-0.4, -0.2) is 17.6 Å². The van der Waals surface area contributed by atoms with E-state index in [4.69, 9.17) is 5.73 Å². The summed E-state index contributed by atoms with van der Waals surface area (Å²) in [4.78, 5) is 11.5. The van der Waals surface area contributed by atoms with Crippen LogP contribution in [0.15, 0.2) is 24.3 Å². The van der Waals surface area contributed by atoms with Crippen molar-refractivity contribution in [2.75, 3.05) is 6.54 Å². The van der Waals surface area contributed by atoms with Gasteiger partial charge in [-0.2, -0.15) is 0 Å². The van der Waals surface area contributed by atoms with Crippen molar-refractivity contribution in [1.82, 2.24) is 0 Å². The molecule has 1 aliphatic rings. The van der Waals surface area contributed by atoms with Crippen LogP contribution < -0.4 is 5.73 Å². The largest absolute Gasteiger partial charge is 0.481 e. The van der Waals surface area contributed by atoms with E-state index in [0.717, 1.165) is 24.8 Å². The first-order valence-corrected chi connectivity index (χ1v) is 6.10. The number of hydrogen-bond donors (Lipinski definition) is 2. The molecule has 17 heavy (non-hydrogen) atoms. The van der Waals surface area contributed by atoms with Gasteiger partial charge < -0.3 is 10.8 Å². The molecule has 3 heteroatoms. The molecular weight excluding hydrogens is 214 g/mol. The van der Waals surface area contributed by atoms with Crippen molar-refractivity contribution in [2.24, 2.45) is 11.1 Å². The molecule has 0 aliphatic heterocycles. The zero-order chi connectivity index (χ0) is 12.5. The molecule has 3 N–H and O–H groups in total. The number of carboxylic acids is 1. The molecule has 1 saturated carbocycles. The second-order valence-corrected chi connectivity index (χ2v) is 5.01.